The maximum absolute atomic E-state index is 11.1. The van der Waals surface area contributed by atoms with Crippen molar-refractivity contribution in [3.63, 3.8) is 0 Å². The second-order valence-electron chi connectivity index (χ2n) is 2.65. The Bertz CT molecular complexity index is 315. The average molecular weight is 195 g/mol. The highest BCUT2D eigenvalue weighted by Gasteiger charge is 2.06. The number of esters is 1. The van der Waals surface area contributed by atoms with Gasteiger partial charge in [-0.15, -0.1) is 0 Å². The fraction of sp³-hybridized carbons (Fsp3) is 0.444. The predicted molar refractivity (Wildman–Crippen MR) is 50.3 cm³/mol. The number of carbonyl (C=O) groups is 1. The Labute approximate surface area is 82.3 Å². The summed E-state index contributed by atoms with van der Waals surface area (Å²) in [5.74, 6) is 0.132. The van der Waals surface area contributed by atoms with E-state index in [9.17, 15) is 4.79 Å². The first-order chi connectivity index (χ1) is 6.76. The molecule has 2 N–H and O–H groups in total. The van der Waals surface area contributed by atoms with Crippen LogP contribution in [0.1, 0.15) is 18.4 Å². The minimum Gasteiger partial charge on any atom is -0.466 e. The minimum absolute atomic E-state index is 0.0989. The molecule has 76 valence electrons. The SMILES string of the molecule is CCOC(=O)Cc1nccc(CN)n1. The Morgan fingerprint density at radius 1 is 1.64 bits per heavy atom. The van der Waals surface area contributed by atoms with Crippen LogP contribution in [-0.2, 0) is 22.5 Å². The van der Waals surface area contributed by atoms with Gasteiger partial charge in [0.2, 0.25) is 0 Å². The van der Waals surface area contributed by atoms with E-state index in [0.717, 1.165) is 5.69 Å². The van der Waals surface area contributed by atoms with Crippen LogP contribution in [0, 0.1) is 0 Å². The summed E-state index contributed by atoms with van der Waals surface area (Å²) < 4.78 is 4.77. The molecule has 0 aromatic carbocycles. The molecule has 5 heteroatoms. The standard InChI is InChI=1S/C9H13N3O2/c1-2-14-9(13)5-8-11-4-3-7(6-10)12-8/h3-4H,2,5-6,10H2,1H3. The van der Waals surface area contributed by atoms with Gasteiger partial charge in [-0.25, -0.2) is 9.97 Å². The monoisotopic (exact) mass is 195 g/mol. The summed E-state index contributed by atoms with van der Waals surface area (Å²) in [5.41, 5.74) is 6.12. The van der Waals surface area contributed by atoms with Crippen molar-refractivity contribution in [3.05, 3.63) is 23.8 Å². The lowest BCUT2D eigenvalue weighted by Gasteiger charge is -2.01. The quantitative estimate of drug-likeness (QED) is 0.686. The first-order valence-corrected chi connectivity index (χ1v) is 4.42. The molecule has 0 saturated heterocycles. The number of aromatic nitrogens is 2. The lowest BCUT2D eigenvalue weighted by atomic mass is 10.3. The van der Waals surface area contributed by atoms with E-state index in [0.29, 0.717) is 19.0 Å². The maximum atomic E-state index is 11.1. The number of carbonyl (C=O) groups excluding carboxylic acids is 1. The van der Waals surface area contributed by atoms with Gasteiger partial charge in [0.15, 0.2) is 0 Å². The maximum Gasteiger partial charge on any atom is 0.313 e. The summed E-state index contributed by atoms with van der Waals surface area (Å²) in [7, 11) is 0. The topological polar surface area (TPSA) is 78.1 Å². The van der Waals surface area contributed by atoms with Crippen LogP contribution >= 0.6 is 0 Å². The van der Waals surface area contributed by atoms with Gasteiger partial charge >= 0.3 is 5.97 Å². The third-order valence-corrected chi connectivity index (χ3v) is 1.58. The van der Waals surface area contributed by atoms with Crippen molar-refractivity contribution in [2.45, 2.75) is 19.9 Å². The molecule has 0 aliphatic heterocycles. The van der Waals surface area contributed by atoms with E-state index in [1.807, 2.05) is 0 Å². The van der Waals surface area contributed by atoms with Crippen LogP contribution < -0.4 is 5.73 Å². The summed E-state index contributed by atoms with van der Waals surface area (Å²) >= 11 is 0. The van der Waals surface area contributed by atoms with E-state index in [1.54, 1.807) is 19.2 Å². The summed E-state index contributed by atoms with van der Waals surface area (Å²) in [4.78, 5) is 19.1. The second kappa shape index (κ2) is 5.29. The number of nitrogens with two attached hydrogens (primary N) is 1. The van der Waals surface area contributed by atoms with Gasteiger partial charge in [-0.1, -0.05) is 0 Å². The van der Waals surface area contributed by atoms with Gasteiger partial charge in [0.1, 0.15) is 12.2 Å². The lowest BCUT2D eigenvalue weighted by Crippen LogP contribution is -2.11. The summed E-state index contributed by atoms with van der Waals surface area (Å²) in [6.45, 7) is 2.48. The van der Waals surface area contributed by atoms with Crippen LogP contribution in [0.3, 0.4) is 0 Å². The van der Waals surface area contributed by atoms with Crippen molar-refractivity contribution in [1.82, 2.24) is 9.97 Å². The Morgan fingerprint density at radius 3 is 3.07 bits per heavy atom. The van der Waals surface area contributed by atoms with Crippen molar-refractivity contribution >= 4 is 5.97 Å². The van der Waals surface area contributed by atoms with Crippen molar-refractivity contribution in [2.24, 2.45) is 5.73 Å². The van der Waals surface area contributed by atoms with Gasteiger partial charge in [0.25, 0.3) is 0 Å². The molecule has 0 unspecified atom stereocenters. The number of hydrogen-bond donors (Lipinski definition) is 1. The van der Waals surface area contributed by atoms with E-state index in [2.05, 4.69) is 9.97 Å². The molecular formula is C9H13N3O2. The Morgan fingerprint density at radius 2 is 2.43 bits per heavy atom. The smallest absolute Gasteiger partial charge is 0.313 e. The molecule has 0 atom stereocenters. The zero-order valence-electron chi connectivity index (χ0n) is 8.06. The third kappa shape index (κ3) is 3.10. The zero-order chi connectivity index (χ0) is 10.4. The molecule has 0 amide bonds. The number of rotatable bonds is 4. The van der Waals surface area contributed by atoms with E-state index in [-0.39, 0.29) is 12.4 Å². The summed E-state index contributed by atoms with van der Waals surface area (Å²) in [5, 5.41) is 0. The molecule has 0 fully saturated rings. The minimum atomic E-state index is -0.318. The highest BCUT2D eigenvalue weighted by atomic mass is 16.5. The number of nitrogens with zero attached hydrogens (tertiary/aromatic N) is 2. The van der Waals surface area contributed by atoms with Gasteiger partial charge in [-0.2, -0.15) is 0 Å². The van der Waals surface area contributed by atoms with Crippen LogP contribution in [0.2, 0.25) is 0 Å². The van der Waals surface area contributed by atoms with Crippen LogP contribution in [0.15, 0.2) is 12.3 Å². The first kappa shape index (κ1) is 10.6. The lowest BCUT2D eigenvalue weighted by molar-refractivity contribution is -0.142. The Hall–Kier alpha value is -1.49. The Kier molecular flexibility index (Phi) is 4.00. The predicted octanol–water partition coefficient (Wildman–Crippen LogP) is 0.0409. The Balaban J connectivity index is 2.62. The van der Waals surface area contributed by atoms with Gasteiger partial charge in [0.05, 0.1) is 12.3 Å². The molecule has 5 nitrogen and oxygen atoms in total. The fourth-order valence-corrected chi connectivity index (χ4v) is 0.981. The molecule has 1 rings (SSSR count). The third-order valence-electron chi connectivity index (χ3n) is 1.58. The van der Waals surface area contributed by atoms with E-state index >= 15 is 0 Å². The average Bonchev–Trinajstić information content (AvgIpc) is 2.18. The molecule has 1 heterocycles. The highest BCUT2D eigenvalue weighted by molar-refractivity contribution is 5.71. The molecule has 0 spiro atoms. The van der Waals surface area contributed by atoms with E-state index in [4.69, 9.17) is 10.5 Å². The van der Waals surface area contributed by atoms with Gasteiger partial charge in [0, 0.05) is 12.7 Å². The molecule has 14 heavy (non-hydrogen) atoms. The van der Waals surface area contributed by atoms with Gasteiger partial charge in [-0.05, 0) is 13.0 Å². The molecule has 0 saturated carbocycles. The molecule has 0 aliphatic carbocycles. The highest BCUT2D eigenvalue weighted by Crippen LogP contribution is 1.96. The van der Waals surface area contributed by atoms with Gasteiger partial charge in [-0.3, -0.25) is 4.79 Å². The van der Waals surface area contributed by atoms with Crippen LogP contribution in [0.25, 0.3) is 0 Å². The molecule has 0 radical (unpaired) electrons. The fourth-order valence-electron chi connectivity index (χ4n) is 0.981. The molecule has 0 bridgehead atoms. The van der Waals surface area contributed by atoms with Crippen molar-refractivity contribution in [3.8, 4) is 0 Å². The van der Waals surface area contributed by atoms with Crippen molar-refractivity contribution in [2.75, 3.05) is 6.61 Å². The van der Waals surface area contributed by atoms with Crippen molar-refractivity contribution < 1.29 is 9.53 Å². The number of hydrogen-bond acceptors (Lipinski definition) is 5. The van der Waals surface area contributed by atoms with Gasteiger partial charge < -0.3 is 10.5 Å². The number of ether oxygens (including phenoxy) is 1. The van der Waals surface area contributed by atoms with Crippen molar-refractivity contribution in [1.29, 1.82) is 0 Å². The summed E-state index contributed by atoms with van der Waals surface area (Å²) in [6.07, 6.45) is 1.69. The van der Waals surface area contributed by atoms with E-state index in [1.165, 1.54) is 0 Å². The van der Waals surface area contributed by atoms with Crippen LogP contribution in [0.5, 0.6) is 0 Å². The largest absolute Gasteiger partial charge is 0.466 e. The van der Waals surface area contributed by atoms with Crippen LogP contribution in [0.4, 0.5) is 0 Å². The molecular weight excluding hydrogens is 182 g/mol. The zero-order valence-corrected chi connectivity index (χ0v) is 8.06. The normalized spacial score (nSPS) is 9.86. The summed E-state index contributed by atoms with van der Waals surface area (Å²) in [6, 6.07) is 1.72. The molecule has 1 aromatic rings. The second-order valence-corrected chi connectivity index (χ2v) is 2.65. The van der Waals surface area contributed by atoms with Crippen LogP contribution in [-0.4, -0.2) is 22.5 Å². The van der Waals surface area contributed by atoms with E-state index < -0.39 is 0 Å². The first-order valence-electron chi connectivity index (χ1n) is 4.42. The molecule has 1 aromatic heterocycles. The molecule has 0 aliphatic rings.